The molecule has 0 aliphatic rings. The standard InChI is InChI=1S/C13H23BrN2S/c1-9(2)10(7-15)16-8-13(3,4)11-5-6-12(14)17-11/h5-6,9-10,16H,7-8,15H2,1-4H3. The second kappa shape index (κ2) is 6.32. The topological polar surface area (TPSA) is 38.0 Å². The van der Waals surface area contributed by atoms with Crippen LogP contribution >= 0.6 is 27.3 Å². The number of thiophene rings is 1. The molecule has 4 heteroatoms. The summed E-state index contributed by atoms with van der Waals surface area (Å²) in [6, 6.07) is 4.71. The van der Waals surface area contributed by atoms with Crippen molar-refractivity contribution < 1.29 is 0 Å². The van der Waals surface area contributed by atoms with Crippen molar-refractivity contribution >= 4 is 27.3 Å². The molecule has 0 aliphatic carbocycles. The summed E-state index contributed by atoms with van der Waals surface area (Å²) < 4.78 is 1.19. The summed E-state index contributed by atoms with van der Waals surface area (Å²) in [6.45, 7) is 10.6. The highest BCUT2D eigenvalue weighted by molar-refractivity contribution is 9.11. The molecular weight excluding hydrogens is 296 g/mol. The van der Waals surface area contributed by atoms with Crippen LogP contribution in [-0.2, 0) is 5.41 Å². The van der Waals surface area contributed by atoms with Gasteiger partial charge in [0.15, 0.2) is 0 Å². The first-order valence-corrected chi connectivity index (χ1v) is 7.67. The average Bonchev–Trinajstić information content (AvgIpc) is 2.66. The first kappa shape index (κ1) is 15.2. The first-order valence-electron chi connectivity index (χ1n) is 6.06. The van der Waals surface area contributed by atoms with Crippen LogP contribution in [0.1, 0.15) is 32.6 Å². The monoisotopic (exact) mass is 318 g/mol. The van der Waals surface area contributed by atoms with Gasteiger partial charge in [-0.3, -0.25) is 0 Å². The highest BCUT2D eigenvalue weighted by atomic mass is 79.9. The van der Waals surface area contributed by atoms with Crippen molar-refractivity contribution in [2.24, 2.45) is 11.7 Å². The zero-order chi connectivity index (χ0) is 13.1. The summed E-state index contributed by atoms with van der Waals surface area (Å²) in [4.78, 5) is 1.40. The fraction of sp³-hybridized carbons (Fsp3) is 0.692. The molecule has 1 aromatic rings. The molecule has 0 bridgehead atoms. The molecule has 0 saturated heterocycles. The van der Waals surface area contributed by atoms with E-state index in [-0.39, 0.29) is 5.41 Å². The predicted octanol–water partition coefficient (Wildman–Crippen LogP) is 3.36. The van der Waals surface area contributed by atoms with Crippen LogP contribution < -0.4 is 11.1 Å². The van der Waals surface area contributed by atoms with Crippen LogP contribution in [0.4, 0.5) is 0 Å². The van der Waals surface area contributed by atoms with Gasteiger partial charge in [-0.25, -0.2) is 0 Å². The molecule has 0 aliphatic heterocycles. The Morgan fingerprint density at radius 1 is 1.41 bits per heavy atom. The van der Waals surface area contributed by atoms with Gasteiger partial charge in [-0.15, -0.1) is 11.3 Å². The number of hydrogen-bond acceptors (Lipinski definition) is 3. The summed E-state index contributed by atoms with van der Waals surface area (Å²) in [5.41, 5.74) is 5.93. The molecule has 1 heterocycles. The van der Waals surface area contributed by atoms with E-state index in [0.717, 1.165) is 6.54 Å². The van der Waals surface area contributed by atoms with Crippen LogP contribution in [0.25, 0.3) is 0 Å². The third kappa shape index (κ3) is 4.36. The second-order valence-corrected chi connectivity index (χ2v) is 7.92. The Kier molecular flexibility index (Phi) is 5.64. The molecule has 0 aromatic carbocycles. The van der Waals surface area contributed by atoms with E-state index in [1.54, 1.807) is 0 Å². The minimum absolute atomic E-state index is 0.152. The number of halogens is 1. The molecule has 0 fully saturated rings. The Balaban J connectivity index is 2.61. The molecule has 0 amide bonds. The number of nitrogens with two attached hydrogens (primary N) is 1. The largest absolute Gasteiger partial charge is 0.329 e. The van der Waals surface area contributed by atoms with Crippen molar-refractivity contribution in [1.29, 1.82) is 0 Å². The van der Waals surface area contributed by atoms with Gasteiger partial charge in [-0.1, -0.05) is 27.7 Å². The van der Waals surface area contributed by atoms with Crippen molar-refractivity contribution in [2.75, 3.05) is 13.1 Å². The molecule has 0 radical (unpaired) electrons. The van der Waals surface area contributed by atoms with E-state index in [1.165, 1.54) is 8.66 Å². The van der Waals surface area contributed by atoms with Gasteiger partial charge < -0.3 is 11.1 Å². The van der Waals surface area contributed by atoms with E-state index in [4.69, 9.17) is 5.73 Å². The first-order chi connectivity index (χ1) is 7.86. The maximum Gasteiger partial charge on any atom is 0.0701 e. The van der Waals surface area contributed by atoms with E-state index >= 15 is 0 Å². The van der Waals surface area contributed by atoms with Gasteiger partial charge in [-0.2, -0.15) is 0 Å². The molecule has 0 spiro atoms. The Morgan fingerprint density at radius 2 is 2.06 bits per heavy atom. The van der Waals surface area contributed by atoms with Crippen molar-refractivity contribution in [3.63, 3.8) is 0 Å². The fourth-order valence-electron chi connectivity index (χ4n) is 1.74. The van der Waals surface area contributed by atoms with Crippen LogP contribution in [0, 0.1) is 5.92 Å². The van der Waals surface area contributed by atoms with Crippen molar-refractivity contribution in [3.8, 4) is 0 Å². The number of hydrogen-bond donors (Lipinski definition) is 2. The zero-order valence-electron chi connectivity index (χ0n) is 11.1. The molecule has 2 nitrogen and oxygen atoms in total. The Hall–Kier alpha value is 0.1000. The maximum absolute atomic E-state index is 5.78. The molecule has 1 aromatic heterocycles. The van der Waals surface area contributed by atoms with Crippen LogP contribution in [0.15, 0.2) is 15.9 Å². The summed E-state index contributed by atoms with van der Waals surface area (Å²) in [5.74, 6) is 0.575. The van der Waals surface area contributed by atoms with E-state index in [0.29, 0.717) is 18.5 Å². The van der Waals surface area contributed by atoms with E-state index in [9.17, 15) is 0 Å². The third-order valence-corrected chi connectivity index (χ3v) is 5.09. The molecule has 1 atom stereocenters. The fourth-order valence-corrected chi connectivity index (χ4v) is 3.23. The lowest BCUT2D eigenvalue weighted by Crippen LogP contribution is -2.45. The predicted molar refractivity (Wildman–Crippen MR) is 80.7 cm³/mol. The van der Waals surface area contributed by atoms with Crippen LogP contribution in [0.5, 0.6) is 0 Å². The van der Waals surface area contributed by atoms with Crippen molar-refractivity contribution in [3.05, 3.63) is 20.8 Å². The van der Waals surface area contributed by atoms with Gasteiger partial charge in [0.1, 0.15) is 0 Å². The summed E-state index contributed by atoms with van der Waals surface area (Å²) >= 11 is 5.33. The molecular formula is C13H23BrN2S. The van der Waals surface area contributed by atoms with Crippen LogP contribution in [0.3, 0.4) is 0 Å². The quantitative estimate of drug-likeness (QED) is 0.844. The SMILES string of the molecule is CC(C)C(CN)NCC(C)(C)c1ccc(Br)s1. The summed E-state index contributed by atoms with van der Waals surface area (Å²) in [5, 5.41) is 3.58. The average molecular weight is 319 g/mol. The molecule has 1 unspecified atom stereocenters. The molecule has 0 saturated carbocycles. The normalized spacial score (nSPS) is 14.3. The van der Waals surface area contributed by atoms with E-state index < -0.39 is 0 Å². The maximum atomic E-state index is 5.78. The minimum atomic E-state index is 0.152. The van der Waals surface area contributed by atoms with Gasteiger partial charge in [0.05, 0.1) is 3.79 Å². The van der Waals surface area contributed by atoms with Gasteiger partial charge in [-0.05, 0) is 34.0 Å². The van der Waals surface area contributed by atoms with Gasteiger partial charge in [0.2, 0.25) is 0 Å². The van der Waals surface area contributed by atoms with E-state index in [1.807, 2.05) is 11.3 Å². The van der Waals surface area contributed by atoms with Crippen molar-refractivity contribution in [2.45, 2.75) is 39.2 Å². The Labute approximate surface area is 117 Å². The molecule has 17 heavy (non-hydrogen) atoms. The van der Waals surface area contributed by atoms with Gasteiger partial charge in [0.25, 0.3) is 0 Å². The van der Waals surface area contributed by atoms with E-state index in [2.05, 4.69) is 61.1 Å². The molecule has 3 N–H and O–H groups in total. The lowest BCUT2D eigenvalue weighted by atomic mass is 9.90. The third-order valence-electron chi connectivity index (χ3n) is 3.11. The van der Waals surface area contributed by atoms with Gasteiger partial charge in [0, 0.05) is 29.4 Å². The van der Waals surface area contributed by atoms with Gasteiger partial charge >= 0.3 is 0 Å². The Morgan fingerprint density at radius 3 is 2.47 bits per heavy atom. The highest BCUT2D eigenvalue weighted by Gasteiger charge is 2.24. The lowest BCUT2D eigenvalue weighted by Gasteiger charge is -2.28. The lowest BCUT2D eigenvalue weighted by molar-refractivity contribution is 0.363. The number of rotatable bonds is 6. The molecule has 1 rings (SSSR count). The van der Waals surface area contributed by atoms with Crippen LogP contribution in [-0.4, -0.2) is 19.1 Å². The summed E-state index contributed by atoms with van der Waals surface area (Å²) in [7, 11) is 0. The Bertz CT molecular complexity index is 347. The highest BCUT2D eigenvalue weighted by Crippen LogP contribution is 2.32. The second-order valence-electron chi connectivity index (χ2n) is 5.45. The zero-order valence-corrected chi connectivity index (χ0v) is 13.5. The number of nitrogens with one attached hydrogen (secondary N) is 1. The minimum Gasteiger partial charge on any atom is -0.329 e. The summed E-state index contributed by atoms with van der Waals surface area (Å²) in [6.07, 6.45) is 0. The smallest absolute Gasteiger partial charge is 0.0701 e. The van der Waals surface area contributed by atoms with Crippen molar-refractivity contribution in [1.82, 2.24) is 5.32 Å². The molecule has 98 valence electrons. The van der Waals surface area contributed by atoms with Crippen LogP contribution in [0.2, 0.25) is 0 Å².